The highest BCUT2D eigenvalue weighted by Gasteiger charge is 2.15. The number of carbonyl (C=O) groups excluding carboxylic acids is 1. The number of carbonyl (C=O) groups is 1. The third-order valence-electron chi connectivity index (χ3n) is 2.95. The summed E-state index contributed by atoms with van der Waals surface area (Å²) in [5, 5.41) is 7.72. The fraction of sp³-hybridized carbons (Fsp3) is 0.267. The normalized spacial score (nSPS) is 12.1. The Bertz CT molecular complexity index is 538. The second kappa shape index (κ2) is 6.87. The van der Waals surface area contributed by atoms with E-state index in [2.05, 4.69) is 33.4 Å². The Hall–Kier alpha value is -1.13. The lowest BCUT2D eigenvalue weighted by molar-refractivity contribution is 0.0941. The zero-order chi connectivity index (χ0) is 13.7. The molecule has 2 rings (SSSR count). The lowest BCUT2D eigenvalue weighted by atomic mass is 10.1. The Labute approximate surface area is 126 Å². The molecule has 1 heterocycles. The first-order valence-electron chi connectivity index (χ1n) is 6.14. The Morgan fingerprint density at radius 3 is 2.63 bits per heavy atom. The summed E-state index contributed by atoms with van der Waals surface area (Å²) in [6, 6.07) is 10.3. The van der Waals surface area contributed by atoms with E-state index in [1.165, 1.54) is 5.56 Å². The van der Waals surface area contributed by atoms with Crippen LogP contribution in [0.2, 0.25) is 0 Å². The van der Waals surface area contributed by atoms with E-state index in [0.717, 1.165) is 22.9 Å². The van der Waals surface area contributed by atoms with Gasteiger partial charge >= 0.3 is 0 Å². The Morgan fingerprint density at radius 2 is 2.05 bits per heavy atom. The molecule has 0 aliphatic carbocycles. The fourth-order valence-electron chi connectivity index (χ4n) is 1.90. The average molecular weight is 338 g/mol. The van der Waals surface area contributed by atoms with E-state index in [1.54, 1.807) is 11.3 Å². The average Bonchev–Trinajstić information content (AvgIpc) is 2.85. The second-order valence-corrected chi connectivity index (χ2v) is 5.87. The smallest absolute Gasteiger partial charge is 0.252 e. The second-order valence-electron chi connectivity index (χ2n) is 4.48. The number of aryl methyl sites for hydroxylation is 1. The van der Waals surface area contributed by atoms with Crippen LogP contribution < -0.4 is 5.32 Å². The van der Waals surface area contributed by atoms with Gasteiger partial charge in [0.15, 0.2) is 0 Å². The SMILES string of the molecule is Cc1cscc1C(=O)NC(CBr)Cc1ccccc1. The quantitative estimate of drug-likeness (QED) is 0.826. The highest BCUT2D eigenvalue weighted by molar-refractivity contribution is 9.09. The highest BCUT2D eigenvalue weighted by atomic mass is 79.9. The minimum Gasteiger partial charge on any atom is -0.348 e. The summed E-state index contributed by atoms with van der Waals surface area (Å²) in [7, 11) is 0. The van der Waals surface area contributed by atoms with Crippen molar-refractivity contribution in [3.05, 3.63) is 57.8 Å². The van der Waals surface area contributed by atoms with Gasteiger partial charge in [0.05, 0.1) is 5.56 Å². The molecule has 0 aliphatic heterocycles. The summed E-state index contributed by atoms with van der Waals surface area (Å²) in [6.07, 6.45) is 0.834. The number of nitrogens with one attached hydrogen (secondary N) is 1. The van der Waals surface area contributed by atoms with Gasteiger partial charge in [0.25, 0.3) is 5.91 Å². The van der Waals surface area contributed by atoms with E-state index in [0.29, 0.717) is 0 Å². The molecule has 0 saturated carbocycles. The Morgan fingerprint density at radius 1 is 1.32 bits per heavy atom. The minimum atomic E-state index is 0.0131. The molecule has 1 amide bonds. The molecule has 1 atom stereocenters. The molecule has 1 N–H and O–H groups in total. The molecule has 1 aromatic heterocycles. The number of amides is 1. The molecule has 0 saturated heterocycles. The van der Waals surface area contributed by atoms with E-state index in [1.807, 2.05) is 35.9 Å². The molecular formula is C15H16BrNOS. The number of rotatable bonds is 5. The van der Waals surface area contributed by atoms with Crippen molar-refractivity contribution in [2.75, 3.05) is 5.33 Å². The summed E-state index contributed by atoms with van der Waals surface area (Å²) in [5.74, 6) is 0.0131. The standard InChI is InChI=1S/C15H16BrNOS/c1-11-9-19-10-14(11)15(18)17-13(8-16)7-12-5-3-2-4-6-12/h2-6,9-10,13H,7-8H2,1H3,(H,17,18). The van der Waals surface area contributed by atoms with E-state index >= 15 is 0 Å². The number of thiophene rings is 1. The van der Waals surface area contributed by atoms with Gasteiger partial charge in [-0.05, 0) is 29.9 Å². The third-order valence-corrected chi connectivity index (χ3v) is 4.59. The van der Waals surface area contributed by atoms with Gasteiger partial charge in [-0.25, -0.2) is 0 Å². The van der Waals surface area contributed by atoms with Gasteiger partial charge in [-0.2, -0.15) is 11.3 Å². The van der Waals surface area contributed by atoms with Gasteiger partial charge in [0.2, 0.25) is 0 Å². The van der Waals surface area contributed by atoms with Crippen LogP contribution in [0.4, 0.5) is 0 Å². The van der Waals surface area contributed by atoms with Gasteiger partial charge in [0, 0.05) is 16.8 Å². The van der Waals surface area contributed by atoms with E-state index in [4.69, 9.17) is 0 Å². The number of benzene rings is 1. The van der Waals surface area contributed by atoms with E-state index in [-0.39, 0.29) is 11.9 Å². The lowest BCUT2D eigenvalue weighted by Crippen LogP contribution is -2.37. The van der Waals surface area contributed by atoms with Crippen LogP contribution in [0.1, 0.15) is 21.5 Å². The van der Waals surface area contributed by atoms with Gasteiger partial charge in [-0.3, -0.25) is 4.79 Å². The van der Waals surface area contributed by atoms with Gasteiger partial charge in [0.1, 0.15) is 0 Å². The molecular weight excluding hydrogens is 322 g/mol. The number of halogens is 1. The van der Waals surface area contributed by atoms with Gasteiger partial charge < -0.3 is 5.32 Å². The van der Waals surface area contributed by atoms with Crippen molar-refractivity contribution < 1.29 is 4.79 Å². The summed E-state index contributed by atoms with van der Waals surface area (Å²) in [4.78, 5) is 12.2. The summed E-state index contributed by atoms with van der Waals surface area (Å²) in [5.41, 5.74) is 3.05. The minimum absolute atomic E-state index is 0.0131. The van der Waals surface area contributed by atoms with Crippen molar-refractivity contribution in [1.29, 1.82) is 0 Å². The molecule has 2 aromatic rings. The molecule has 0 bridgehead atoms. The molecule has 19 heavy (non-hydrogen) atoms. The van der Waals surface area contributed by atoms with Gasteiger partial charge in [-0.1, -0.05) is 46.3 Å². The number of hydrogen-bond donors (Lipinski definition) is 1. The van der Waals surface area contributed by atoms with Crippen LogP contribution in [0.5, 0.6) is 0 Å². The summed E-state index contributed by atoms with van der Waals surface area (Å²) < 4.78 is 0. The lowest BCUT2D eigenvalue weighted by Gasteiger charge is -2.16. The molecule has 4 heteroatoms. The van der Waals surface area contributed by atoms with Gasteiger partial charge in [-0.15, -0.1) is 0 Å². The molecule has 2 nitrogen and oxygen atoms in total. The third kappa shape index (κ3) is 3.91. The first-order chi connectivity index (χ1) is 9.20. The van der Waals surface area contributed by atoms with Crippen molar-refractivity contribution in [2.45, 2.75) is 19.4 Å². The van der Waals surface area contributed by atoms with E-state index in [9.17, 15) is 4.79 Å². The van der Waals surface area contributed by atoms with Crippen molar-refractivity contribution in [3.8, 4) is 0 Å². The monoisotopic (exact) mass is 337 g/mol. The van der Waals surface area contributed by atoms with Crippen LogP contribution in [-0.2, 0) is 6.42 Å². The van der Waals surface area contributed by atoms with Crippen molar-refractivity contribution in [3.63, 3.8) is 0 Å². The molecule has 1 unspecified atom stereocenters. The van der Waals surface area contributed by atoms with Crippen molar-refractivity contribution in [1.82, 2.24) is 5.32 Å². The molecule has 0 fully saturated rings. The maximum absolute atomic E-state index is 12.2. The van der Waals surface area contributed by atoms with Crippen LogP contribution in [0, 0.1) is 6.92 Å². The van der Waals surface area contributed by atoms with Crippen LogP contribution in [0.25, 0.3) is 0 Å². The highest BCUT2D eigenvalue weighted by Crippen LogP contribution is 2.14. The first kappa shape index (κ1) is 14.3. The van der Waals surface area contributed by atoms with E-state index < -0.39 is 0 Å². The van der Waals surface area contributed by atoms with Crippen molar-refractivity contribution >= 4 is 33.2 Å². The predicted octanol–water partition coefficient (Wildman–Crippen LogP) is 3.79. The largest absolute Gasteiger partial charge is 0.348 e. The number of alkyl halides is 1. The molecule has 0 radical (unpaired) electrons. The zero-order valence-electron chi connectivity index (χ0n) is 10.7. The fourth-order valence-corrected chi connectivity index (χ4v) is 3.12. The van der Waals surface area contributed by atoms with Crippen LogP contribution in [-0.4, -0.2) is 17.3 Å². The van der Waals surface area contributed by atoms with Crippen LogP contribution in [0.3, 0.4) is 0 Å². The van der Waals surface area contributed by atoms with Crippen LogP contribution in [0.15, 0.2) is 41.1 Å². The first-order valence-corrected chi connectivity index (χ1v) is 8.20. The zero-order valence-corrected chi connectivity index (χ0v) is 13.1. The Kier molecular flexibility index (Phi) is 5.16. The summed E-state index contributed by atoms with van der Waals surface area (Å²) >= 11 is 5.03. The topological polar surface area (TPSA) is 29.1 Å². The summed E-state index contributed by atoms with van der Waals surface area (Å²) in [6.45, 7) is 1.96. The van der Waals surface area contributed by atoms with Crippen LogP contribution >= 0.6 is 27.3 Å². The molecule has 1 aromatic carbocycles. The molecule has 100 valence electrons. The van der Waals surface area contributed by atoms with Crippen molar-refractivity contribution in [2.24, 2.45) is 0 Å². The Balaban J connectivity index is 2.00. The maximum atomic E-state index is 12.2. The maximum Gasteiger partial charge on any atom is 0.252 e. The molecule has 0 aliphatic rings. The molecule has 0 spiro atoms. The number of hydrogen-bond acceptors (Lipinski definition) is 2. The predicted molar refractivity (Wildman–Crippen MR) is 84.3 cm³/mol.